The second-order valence-corrected chi connectivity index (χ2v) is 14.0. The molecule has 236 valence electrons. The van der Waals surface area contributed by atoms with E-state index in [1.807, 2.05) is 0 Å². The van der Waals surface area contributed by atoms with E-state index in [1.54, 1.807) is 0 Å². The highest BCUT2D eigenvalue weighted by Crippen LogP contribution is 2.15. The quantitative estimate of drug-likeness (QED) is 0.0456. The maximum absolute atomic E-state index is 6.25. The maximum Gasteiger partial charge on any atom is 0.108 e. The van der Waals surface area contributed by atoms with Crippen molar-refractivity contribution in [2.24, 2.45) is 0 Å². The second kappa shape index (κ2) is 28.0. The monoisotopic (exact) mass is 555 g/mol. The van der Waals surface area contributed by atoms with E-state index >= 15 is 0 Å². The van der Waals surface area contributed by atoms with E-state index in [4.69, 9.17) is 4.84 Å². The molecular weight excluding hydrogens is 476 g/mol. The molecule has 0 saturated carbocycles. The molecule has 0 aromatic rings. The fourth-order valence-electron chi connectivity index (χ4n) is 5.84. The molecule has 0 fully saturated rings. The Morgan fingerprint density at radius 3 is 0.974 bits per heavy atom. The Kier molecular flexibility index (Phi) is 27.9. The number of unbranched alkanes of at least 4 members (excludes halogenated alkanes) is 23. The summed E-state index contributed by atoms with van der Waals surface area (Å²) in [4.78, 5) is 6.25. The Morgan fingerprint density at radius 1 is 0.333 bits per heavy atom. The number of rotatable bonds is 32. The molecule has 0 rings (SSSR count). The van der Waals surface area contributed by atoms with Gasteiger partial charge in [-0.1, -0.05) is 142 Å². The number of hydrogen-bond donors (Lipinski definition) is 0. The topological polar surface area (TPSA) is 9.23 Å². The normalized spacial score (nSPS) is 12.5. The van der Waals surface area contributed by atoms with Gasteiger partial charge in [0.15, 0.2) is 0 Å². The Morgan fingerprint density at radius 2 is 0.615 bits per heavy atom. The van der Waals surface area contributed by atoms with Crippen LogP contribution in [-0.2, 0) is 4.84 Å². The van der Waals surface area contributed by atoms with Gasteiger partial charge in [0.1, 0.15) is 13.2 Å². The Balaban J connectivity index is 3.52. The molecule has 0 aliphatic rings. The largest absolute Gasteiger partial charge is 0.328 e. The molecule has 0 aliphatic carbocycles. The third-order valence-electron chi connectivity index (χ3n) is 8.77. The van der Waals surface area contributed by atoms with E-state index in [0.717, 1.165) is 17.8 Å². The molecule has 0 bridgehead atoms. The van der Waals surface area contributed by atoms with Gasteiger partial charge in [0.05, 0.1) is 41.3 Å². The summed E-state index contributed by atoms with van der Waals surface area (Å²) in [6.45, 7) is 9.28. The van der Waals surface area contributed by atoms with Crippen molar-refractivity contribution >= 4 is 0 Å². The van der Waals surface area contributed by atoms with E-state index in [9.17, 15) is 0 Å². The lowest BCUT2D eigenvalue weighted by atomic mass is 10.1. The zero-order chi connectivity index (χ0) is 28.9. The first-order chi connectivity index (χ1) is 18.8. The van der Waals surface area contributed by atoms with Crippen molar-refractivity contribution in [1.82, 2.24) is 0 Å². The van der Waals surface area contributed by atoms with Crippen LogP contribution in [0.5, 0.6) is 0 Å². The van der Waals surface area contributed by atoms with Gasteiger partial charge in [0, 0.05) is 0 Å². The smallest absolute Gasteiger partial charge is 0.108 e. The molecule has 3 heteroatoms. The van der Waals surface area contributed by atoms with Crippen LogP contribution in [0, 0.1) is 0 Å². The summed E-state index contributed by atoms with van der Waals surface area (Å²) in [5.41, 5.74) is 0. The first-order valence-corrected chi connectivity index (χ1v) is 18.1. The van der Waals surface area contributed by atoms with Crippen LogP contribution in [0.25, 0.3) is 0 Å². The van der Waals surface area contributed by atoms with Crippen LogP contribution in [0.15, 0.2) is 0 Å². The molecule has 0 aromatic heterocycles. The number of quaternary nitrogens is 2. The van der Waals surface area contributed by atoms with Crippen LogP contribution in [0.4, 0.5) is 0 Å². The predicted molar refractivity (Wildman–Crippen MR) is 176 cm³/mol. The lowest BCUT2D eigenvalue weighted by Gasteiger charge is -2.30. The van der Waals surface area contributed by atoms with Gasteiger partial charge in [-0.05, 0) is 38.5 Å². The molecule has 0 radical (unpaired) electrons. The zero-order valence-electron chi connectivity index (χ0n) is 28.5. The van der Waals surface area contributed by atoms with Crippen LogP contribution in [0.1, 0.15) is 181 Å². The van der Waals surface area contributed by atoms with Gasteiger partial charge in [-0.2, -0.15) is 4.65 Å². The fraction of sp³-hybridized carbons (Fsp3) is 1.00. The maximum atomic E-state index is 6.25. The number of hydrogen-bond acceptors (Lipinski definition) is 1. The highest BCUT2D eigenvalue weighted by Gasteiger charge is 2.17. The van der Waals surface area contributed by atoms with Crippen molar-refractivity contribution in [3.8, 4) is 0 Å². The van der Waals surface area contributed by atoms with Crippen molar-refractivity contribution in [2.75, 3.05) is 54.4 Å². The molecular formula is C36H78N2O+2. The minimum absolute atomic E-state index is 0.731. The average molecular weight is 555 g/mol. The van der Waals surface area contributed by atoms with Crippen LogP contribution in [-0.4, -0.2) is 63.6 Å². The van der Waals surface area contributed by atoms with Crippen LogP contribution in [0.2, 0.25) is 0 Å². The second-order valence-electron chi connectivity index (χ2n) is 14.0. The minimum atomic E-state index is 0.731. The molecule has 39 heavy (non-hydrogen) atoms. The van der Waals surface area contributed by atoms with E-state index in [-0.39, 0.29) is 0 Å². The van der Waals surface area contributed by atoms with Gasteiger partial charge < -0.3 is 4.48 Å². The molecule has 3 nitrogen and oxygen atoms in total. The third kappa shape index (κ3) is 30.7. The Bertz CT molecular complexity index is 435. The summed E-state index contributed by atoms with van der Waals surface area (Å²) in [6, 6.07) is 0. The molecule has 0 unspecified atom stereocenters. The summed E-state index contributed by atoms with van der Waals surface area (Å²) in [5, 5.41) is 0. The van der Waals surface area contributed by atoms with Gasteiger partial charge in [-0.15, -0.1) is 0 Å². The van der Waals surface area contributed by atoms with Crippen molar-refractivity contribution < 1.29 is 14.0 Å². The highest BCUT2D eigenvalue weighted by atomic mass is 16.7. The van der Waals surface area contributed by atoms with Gasteiger partial charge >= 0.3 is 0 Å². The predicted octanol–water partition coefficient (Wildman–Crippen LogP) is 11.3. The lowest BCUT2D eigenvalue weighted by Crippen LogP contribution is -2.42. The first kappa shape index (κ1) is 38.9. The summed E-state index contributed by atoms with van der Waals surface area (Å²) in [5.74, 6) is 0. The van der Waals surface area contributed by atoms with Crippen molar-refractivity contribution in [1.29, 1.82) is 0 Å². The van der Waals surface area contributed by atoms with Gasteiger partial charge in [0.25, 0.3) is 0 Å². The summed E-state index contributed by atoms with van der Waals surface area (Å²) in [7, 11) is 9.33. The van der Waals surface area contributed by atoms with Gasteiger partial charge in [0.2, 0.25) is 0 Å². The van der Waals surface area contributed by atoms with Crippen LogP contribution < -0.4 is 0 Å². The van der Waals surface area contributed by atoms with E-state index in [2.05, 4.69) is 42.0 Å². The third-order valence-corrected chi connectivity index (χ3v) is 8.77. The Labute approximate surface area is 249 Å². The Hall–Kier alpha value is -0.120. The molecule has 0 spiro atoms. The van der Waals surface area contributed by atoms with Crippen LogP contribution in [0.3, 0.4) is 0 Å². The van der Waals surface area contributed by atoms with Crippen molar-refractivity contribution in [3.05, 3.63) is 0 Å². The molecule has 0 aliphatic heterocycles. The average Bonchev–Trinajstić information content (AvgIpc) is 2.89. The molecule has 0 heterocycles. The van der Waals surface area contributed by atoms with E-state index in [0.29, 0.717) is 0 Å². The molecule has 0 aromatic carbocycles. The minimum Gasteiger partial charge on any atom is -0.328 e. The molecule has 0 atom stereocenters. The number of nitrogens with zero attached hydrogens (tertiary/aromatic N) is 2. The SMILES string of the molecule is CCCCCCCCCCCCCC[N+](C)(C)CCCCO[N+](C)(C)CCCCCCCCCCCCCC. The molecule has 0 amide bonds. The molecule has 0 saturated heterocycles. The number of hydroxylamine groups is 3. The van der Waals surface area contributed by atoms with E-state index in [1.165, 1.54) is 185 Å². The summed E-state index contributed by atoms with van der Waals surface area (Å²) in [6.07, 6.45) is 36.7. The van der Waals surface area contributed by atoms with Crippen LogP contribution >= 0.6 is 0 Å². The lowest BCUT2D eigenvalue weighted by molar-refractivity contribution is -1.08. The van der Waals surface area contributed by atoms with E-state index < -0.39 is 0 Å². The summed E-state index contributed by atoms with van der Waals surface area (Å²) >= 11 is 0. The van der Waals surface area contributed by atoms with Crippen molar-refractivity contribution in [3.63, 3.8) is 0 Å². The van der Waals surface area contributed by atoms with Gasteiger partial charge in [-0.3, -0.25) is 0 Å². The van der Waals surface area contributed by atoms with Gasteiger partial charge in [-0.25, -0.2) is 4.84 Å². The standard InChI is InChI=1S/C36H78N2O/c1-7-9-11-13-15-17-19-21-23-25-27-29-33-37(3,4)34-31-32-36-39-38(5,6)35-30-28-26-24-22-20-18-16-14-12-10-8-2/h7-36H2,1-6H3/q+2. The fourth-order valence-corrected chi connectivity index (χ4v) is 5.84. The molecule has 0 N–H and O–H groups in total. The van der Waals surface area contributed by atoms with Crippen molar-refractivity contribution in [2.45, 2.75) is 181 Å². The summed E-state index contributed by atoms with van der Waals surface area (Å²) < 4.78 is 1.91. The zero-order valence-corrected chi connectivity index (χ0v) is 28.5. The highest BCUT2D eigenvalue weighted by molar-refractivity contribution is 4.50. The first-order valence-electron chi connectivity index (χ1n) is 18.1.